The van der Waals surface area contributed by atoms with Gasteiger partial charge in [-0.2, -0.15) is 0 Å². The molecule has 23 heavy (non-hydrogen) atoms. The second-order valence-electron chi connectivity index (χ2n) is 5.81. The standard InChI is InChI=1S/C19H24N2O2/c1-22-18-9-8-16(14-19(18)23-2)20-15-10-12-21(13-11-15)17-6-4-3-5-7-17/h3-9,14-15,20H,10-13H2,1-2H3. The van der Waals surface area contributed by atoms with Crippen LogP contribution in [0.3, 0.4) is 0 Å². The highest BCUT2D eigenvalue weighted by molar-refractivity contribution is 5.55. The fourth-order valence-electron chi connectivity index (χ4n) is 3.08. The second-order valence-corrected chi connectivity index (χ2v) is 5.81. The predicted octanol–water partition coefficient (Wildman–Crippen LogP) is 3.78. The summed E-state index contributed by atoms with van der Waals surface area (Å²) in [6.07, 6.45) is 2.26. The van der Waals surface area contributed by atoms with Crippen LogP contribution >= 0.6 is 0 Å². The van der Waals surface area contributed by atoms with Crippen molar-refractivity contribution in [2.45, 2.75) is 18.9 Å². The zero-order valence-corrected chi connectivity index (χ0v) is 13.8. The monoisotopic (exact) mass is 312 g/mol. The Morgan fingerprint density at radius 3 is 2.26 bits per heavy atom. The summed E-state index contributed by atoms with van der Waals surface area (Å²) in [6, 6.07) is 17.1. The number of ether oxygens (including phenoxy) is 2. The van der Waals surface area contributed by atoms with E-state index in [1.165, 1.54) is 5.69 Å². The lowest BCUT2D eigenvalue weighted by Crippen LogP contribution is -2.39. The van der Waals surface area contributed by atoms with E-state index in [-0.39, 0.29) is 0 Å². The Hall–Kier alpha value is -2.36. The number of methoxy groups -OCH3 is 2. The van der Waals surface area contributed by atoms with Crippen LogP contribution in [0, 0.1) is 0 Å². The Morgan fingerprint density at radius 1 is 0.913 bits per heavy atom. The van der Waals surface area contributed by atoms with Gasteiger partial charge in [-0.25, -0.2) is 0 Å². The van der Waals surface area contributed by atoms with Crippen molar-refractivity contribution < 1.29 is 9.47 Å². The molecule has 0 atom stereocenters. The summed E-state index contributed by atoms with van der Waals surface area (Å²) in [5, 5.41) is 3.62. The molecule has 4 heteroatoms. The van der Waals surface area contributed by atoms with Crippen LogP contribution in [0.15, 0.2) is 48.5 Å². The fraction of sp³-hybridized carbons (Fsp3) is 0.368. The summed E-state index contributed by atoms with van der Waals surface area (Å²) in [7, 11) is 3.32. The molecule has 2 aromatic rings. The molecule has 4 nitrogen and oxygen atoms in total. The second kappa shape index (κ2) is 7.27. The Bertz CT molecular complexity index is 623. The van der Waals surface area contributed by atoms with Crippen molar-refractivity contribution >= 4 is 11.4 Å². The van der Waals surface area contributed by atoms with Crippen molar-refractivity contribution in [3.63, 3.8) is 0 Å². The quantitative estimate of drug-likeness (QED) is 0.911. The first-order valence-electron chi connectivity index (χ1n) is 8.08. The third-order valence-corrected chi connectivity index (χ3v) is 4.37. The van der Waals surface area contributed by atoms with Gasteiger partial charge in [-0.15, -0.1) is 0 Å². The maximum absolute atomic E-state index is 5.37. The highest BCUT2D eigenvalue weighted by Gasteiger charge is 2.19. The fourth-order valence-corrected chi connectivity index (χ4v) is 3.08. The van der Waals surface area contributed by atoms with E-state index < -0.39 is 0 Å². The molecule has 1 fully saturated rings. The number of nitrogens with zero attached hydrogens (tertiary/aromatic N) is 1. The van der Waals surface area contributed by atoms with E-state index in [0.717, 1.165) is 43.1 Å². The molecular formula is C19H24N2O2. The number of piperidine rings is 1. The molecule has 0 unspecified atom stereocenters. The van der Waals surface area contributed by atoms with E-state index in [1.807, 2.05) is 18.2 Å². The van der Waals surface area contributed by atoms with Gasteiger partial charge in [0.25, 0.3) is 0 Å². The van der Waals surface area contributed by atoms with E-state index in [2.05, 4.69) is 40.5 Å². The average molecular weight is 312 g/mol. The predicted molar refractivity (Wildman–Crippen MR) is 94.8 cm³/mol. The van der Waals surface area contributed by atoms with Crippen molar-refractivity contribution in [3.8, 4) is 11.5 Å². The van der Waals surface area contributed by atoms with Gasteiger partial charge in [0.1, 0.15) is 0 Å². The van der Waals surface area contributed by atoms with E-state index in [1.54, 1.807) is 14.2 Å². The molecule has 0 aromatic heterocycles. The number of nitrogens with one attached hydrogen (secondary N) is 1. The third kappa shape index (κ3) is 3.70. The van der Waals surface area contributed by atoms with Gasteiger partial charge < -0.3 is 19.7 Å². The molecule has 0 saturated carbocycles. The molecule has 1 heterocycles. The van der Waals surface area contributed by atoms with Crippen LogP contribution in [0.2, 0.25) is 0 Å². The molecule has 1 aliphatic rings. The molecule has 1 N–H and O–H groups in total. The number of anilines is 2. The highest BCUT2D eigenvalue weighted by atomic mass is 16.5. The summed E-state index contributed by atoms with van der Waals surface area (Å²) >= 11 is 0. The topological polar surface area (TPSA) is 33.7 Å². The van der Waals surface area contributed by atoms with Crippen LogP contribution in [0.25, 0.3) is 0 Å². The van der Waals surface area contributed by atoms with E-state index >= 15 is 0 Å². The number of rotatable bonds is 5. The third-order valence-electron chi connectivity index (χ3n) is 4.37. The minimum absolute atomic E-state index is 0.494. The van der Waals surface area contributed by atoms with Crippen molar-refractivity contribution in [1.82, 2.24) is 0 Å². The smallest absolute Gasteiger partial charge is 0.162 e. The van der Waals surface area contributed by atoms with Crippen LogP contribution in [0.4, 0.5) is 11.4 Å². The maximum atomic E-state index is 5.37. The SMILES string of the molecule is COc1ccc(NC2CCN(c3ccccc3)CC2)cc1OC. The lowest BCUT2D eigenvalue weighted by atomic mass is 10.0. The molecular weight excluding hydrogens is 288 g/mol. The first-order valence-corrected chi connectivity index (χ1v) is 8.08. The van der Waals surface area contributed by atoms with Gasteiger partial charge in [0, 0.05) is 36.6 Å². The van der Waals surface area contributed by atoms with E-state index in [4.69, 9.17) is 9.47 Å². The first kappa shape index (κ1) is 15.5. The lowest BCUT2D eigenvalue weighted by Gasteiger charge is -2.34. The molecule has 1 aliphatic heterocycles. The molecule has 0 radical (unpaired) electrons. The van der Waals surface area contributed by atoms with Crippen LogP contribution < -0.4 is 19.7 Å². The number of para-hydroxylation sites is 1. The van der Waals surface area contributed by atoms with Gasteiger partial charge in [-0.1, -0.05) is 18.2 Å². The van der Waals surface area contributed by atoms with Gasteiger partial charge in [0.2, 0.25) is 0 Å². The largest absolute Gasteiger partial charge is 0.493 e. The Balaban J connectivity index is 1.58. The summed E-state index contributed by atoms with van der Waals surface area (Å²) in [5.41, 5.74) is 2.40. The normalized spacial score (nSPS) is 15.3. The van der Waals surface area contributed by atoms with E-state index in [9.17, 15) is 0 Å². The minimum atomic E-state index is 0.494. The van der Waals surface area contributed by atoms with Crippen molar-refractivity contribution in [2.75, 3.05) is 37.5 Å². The Morgan fingerprint density at radius 2 is 1.61 bits per heavy atom. The molecule has 0 aliphatic carbocycles. The van der Waals surface area contributed by atoms with Crippen LogP contribution in [-0.4, -0.2) is 33.4 Å². The van der Waals surface area contributed by atoms with Crippen LogP contribution in [-0.2, 0) is 0 Å². The Labute approximate surface area is 138 Å². The molecule has 0 spiro atoms. The Kier molecular flexibility index (Phi) is 4.91. The summed E-state index contributed by atoms with van der Waals surface area (Å²) < 4.78 is 10.7. The van der Waals surface area contributed by atoms with E-state index in [0.29, 0.717) is 6.04 Å². The lowest BCUT2D eigenvalue weighted by molar-refractivity contribution is 0.355. The number of benzene rings is 2. The minimum Gasteiger partial charge on any atom is -0.493 e. The van der Waals surface area contributed by atoms with Gasteiger partial charge in [-0.05, 0) is 37.1 Å². The zero-order valence-electron chi connectivity index (χ0n) is 13.8. The van der Waals surface area contributed by atoms with Crippen molar-refractivity contribution in [3.05, 3.63) is 48.5 Å². The molecule has 122 valence electrons. The van der Waals surface area contributed by atoms with Crippen molar-refractivity contribution in [1.29, 1.82) is 0 Å². The van der Waals surface area contributed by atoms with Gasteiger partial charge >= 0.3 is 0 Å². The maximum Gasteiger partial charge on any atom is 0.162 e. The zero-order chi connectivity index (χ0) is 16.1. The van der Waals surface area contributed by atoms with Crippen LogP contribution in [0.1, 0.15) is 12.8 Å². The van der Waals surface area contributed by atoms with Gasteiger partial charge in [-0.3, -0.25) is 0 Å². The molecule has 0 bridgehead atoms. The van der Waals surface area contributed by atoms with Crippen LogP contribution in [0.5, 0.6) is 11.5 Å². The highest BCUT2D eigenvalue weighted by Crippen LogP contribution is 2.31. The summed E-state index contributed by atoms with van der Waals surface area (Å²) in [6.45, 7) is 2.16. The van der Waals surface area contributed by atoms with Gasteiger partial charge in [0.05, 0.1) is 14.2 Å². The first-order chi connectivity index (χ1) is 11.3. The molecule has 1 saturated heterocycles. The molecule has 3 rings (SSSR count). The molecule has 2 aromatic carbocycles. The summed E-state index contributed by atoms with van der Waals surface area (Å²) in [5.74, 6) is 1.52. The van der Waals surface area contributed by atoms with Gasteiger partial charge in [0.15, 0.2) is 11.5 Å². The average Bonchev–Trinajstić information content (AvgIpc) is 2.63. The summed E-state index contributed by atoms with van der Waals surface area (Å²) in [4.78, 5) is 2.45. The number of hydrogen-bond donors (Lipinski definition) is 1. The number of hydrogen-bond acceptors (Lipinski definition) is 4. The van der Waals surface area contributed by atoms with Crippen molar-refractivity contribution in [2.24, 2.45) is 0 Å². The molecule has 0 amide bonds.